The quantitative estimate of drug-likeness (QED) is 0.674. The predicted molar refractivity (Wildman–Crippen MR) is 102 cm³/mol. The minimum Gasteiger partial charge on any atom is -0.497 e. The second-order valence-electron chi connectivity index (χ2n) is 5.87. The maximum absolute atomic E-state index is 13.1. The molecule has 4 rings (SSSR count). The molecule has 0 saturated carbocycles. The van der Waals surface area contributed by atoms with Crippen molar-refractivity contribution in [1.82, 2.24) is 5.16 Å². The largest absolute Gasteiger partial charge is 0.497 e. The van der Waals surface area contributed by atoms with E-state index in [1.165, 1.54) is 0 Å². The molecule has 2 heterocycles. The fourth-order valence-electron chi connectivity index (χ4n) is 3.09. The van der Waals surface area contributed by atoms with Crippen LogP contribution in [0.4, 0.5) is 5.69 Å². The van der Waals surface area contributed by atoms with Gasteiger partial charge in [0.05, 0.1) is 7.11 Å². The summed E-state index contributed by atoms with van der Waals surface area (Å²) in [5, 5.41) is 4.12. The molecule has 26 heavy (non-hydrogen) atoms. The van der Waals surface area contributed by atoms with Crippen molar-refractivity contribution >= 4 is 23.4 Å². The molecule has 0 unspecified atom stereocenters. The number of anilines is 1. The molecular weight excluding hydrogens is 348 g/mol. The third-order valence-electron chi connectivity index (χ3n) is 4.44. The number of hydrogen-bond acceptors (Lipinski definition) is 5. The number of benzene rings is 2. The van der Waals surface area contributed by atoms with E-state index in [0.717, 1.165) is 27.5 Å². The van der Waals surface area contributed by atoms with Gasteiger partial charge >= 0.3 is 0 Å². The van der Waals surface area contributed by atoms with Crippen LogP contribution in [-0.2, 0) is 5.75 Å². The normalized spacial score (nSPS) is 12.2. The molecule has 0 spiro atoms. The lowest BCUT2D eigenvalue weighted by Crippen LogP contribution is -2.31. The molecule has 3 aromatic rings. The molecule has 0 radical (unpaired) electrons. The number of rotatable bonds is 4. The van der Waals surface area contributed by atoms with Crippen molar-refractivity contribution in [2.24, 2.45) is 0 Å². The number of thioether (sulfide) groups is 1. The second-order valence-corrected chi connectivity index (χ2v) is 6.89. The maximum Gasteiger partial charge on any atom is 0.280 e. The van der Waals surface area contributed by atoms with Gasteiger partial charge in [-0.15, -0.1) is 11.8 Å². The average Bonchev–Trinajstić information content (AvgIpc) is 3.13. The summed E-state index contributed by atoms with van der Waals surface area (Å²) in [5.74, 6) is 1.98. The molecule has 0 N–H and O–H groups in total. The van der Waals surface area contributed by atoms with Crippen LogP contribution in [0.5, 0.6) is 5.75 Å². The molecule has 1 aromatic heterocycles. The van der Waals surface area contributed by atoms with Gasteiger partial charge in [0.25, 0.3) is 5.91 Å². The molecular formula is C20H18N2O3S. The summed E-state index contributed by atoms with van der Waals surface area (Å²) in [6.45, 7) is 2.48. The van der Waals surface area contributed by atoms with Gasteiger partial charge in [0, 0.05) is 34.0 Å². The highest BCUT2D eigenvalue weighted by molar-refractivity contribution is 7.98. The molecule has 0 atom stereocenters. The summed E-state index contributed by atoms with van der Waals surface area (Å²) < 4.78 is 10.8. The van der Waals surface area contributed by atoms with Crippen molar-refractivity contribution in [2.45, 2.75) is 17.6 Å². The van der Waals surface area contributed by atoms with Crippen LogP contribution in [0.25, 0.3) is 11.3 Å². The van der Waals surface area contributed by atoms with E-state index in [-0.39, 0.29) is 5.91 Å². The van der Waals surface area contributed by atoms with Crippen LogP contribution >= 0.6 is 11.8 Å². The maximum atomic E-state index is 13.1. The van der Waals surface area contributed by atoms with Gasteiger partial charge < -0.3 is 14.2 Å². The van der Waals surface area contributed by atoms with Crippen LogP contribution in [0.3, 0.4) is 0 Å². The van der Waals surface area contributed by atoms with Gasteiger partial charge in [-0.1, -0.05) is 17.3 Å². The molecule has 1 amide bonds. The highest BCUT2D eigenvalue weighted by atomic mass is 32.2. The van der Waals surface area contributed by atoms with Crippen molar-refractivity contribution in [3.8, 4) is 17.1 Å². The number of aromatic nitrogens is 1. The summed E-state index contributed by atoms with van der Waals surface area (Å²) in [5.41, 5.74) is 3.06. The van der Waals surface area contributed by atoms with Gasteiger partial charge in [-0.3, -0.25) is 4.79 Å². The molecule has 0 saturated heterocycles. The Morgan fingerprint density at radius 1 is 1.23 bits per heavy atom. The number of fused-ring (bicyclic) bond motifs is 3. The van der Waals surface area contributed by atoms with Crippen molar-refractivity contribution in [1.29, 1.82) is 0 Å². The highest BCUT2D eigenvalue weighted by Crippen LogP contribution is 2.42. The van der Waals surface area contributed by atoms with Gasteiger partial charge in [0.2, 0.25) is 0 Å². The van der Waals surface area contributed by atoms with Crippen LogP contribution in [0.2, 0.25) is 0 Å². The van der Waals surface area contributed by atoms with E-state index in [9.17, 15) is 4.79 Å². The van der Waals surface area contributed by atoms with Gasteiger partial charge in [-0.05, 0) is 43.3 Å². The van der Waals surface area contributed by atoms with Crippen molar-refractivity contribution in [2.75, 3.05) is 18.6 Å². The van der Waals surface area contributed by atoms with E-state index in [1.807, 2.05) is 49.4 Å². The molecule has 5 nitrogen and oxygen atoms in total. The summed E-state index contributed by atoms with van der Waals surface area (Å²) in [4.78, 5) is 16.0. The monoisotopic (exact) mass is 366 g/mol. The van der Waals surface area contributed by atoms with Crippen molar-refractivity contribution in [3.63, 3.8) is 0 Å². The number of carbonyl (C=O) groups is 1. The fraction of sp³-hybridized carbons (Fsp3) is 0.200. The van der Waals surface area contributed by atoms with E-state index in [4.69, 9.17) is 9.26 Å². The van der Waals surface area contributed by atoms with E-state index in [2.05, 4.69) is 11.2 Å². The Kier molecular flexibility index (Phi) is 4.42. The Balaban J connectivity index is 1.69. The summed E-state index contributed by atoms with van der Waals surface area (Å²) in [6, 6.07) is 15.5. The third-order valence-corrected chi connectivity index (χ3v) is 5.54. The molecule has 1 aliphatic rings. The lowest BCUT2D eigenvalue weighted by molar-refractivity contribution is 0.0979. The first kappa shape index (κ1) is 16.7. The van der Waals surface area contributed by atoms with Crippen LogP contribution in [0, 0.1) is 0 Å². The molecule has 132 valence electrons. The lowest BCUT2D eigenvalue weighted by atomic mass is 10.1. The van der Waals surface area contributed by atoms with Gasteiger partial charge in [-0.2, -0.15) is 0 Å². The van der Waals surface area contributed by atoms with Gasteiger partial charge in [0.1, 0.15) is 5.75 Å². The fourth-order valence-corrected chi connectivity index (χ4v) is 4.14. The van der Waals surface area contributed by atoms with Crippen LogP contribution in [-0.4, -0.2) is 24.7 Å². The first-order chi connectivity index (χ1) is 12.7. The second kappa shape index (κ2) is 6.88. The van der Waals surface area contributed by atoms with Crippen LogP contribution in [0.15, 0.2) is 57.9 Å². The number of carbonyl (C=O) groups excluding carboxylic acids is 1. The molecule has 0 aliphatic carbocycles. The summed E-state index contributed by atoms with van der Waals surface area (Å²) in [7, 11) is 1.62. The molecule has 1 aliphatic heterocycles. The van der Waals surface area contributed by atoms with Gasteiger partial charge in [0.15, 0.2) is 11.5 Å². The van der Waals surface area contributed by atoms with Crippen LogP contribution < -0.4 is 9.64 Å². The molecule has 6 heteroatoms. The topological polar surface area (TPSA) is 55.6 Å². The predicted octanol–water partition coefficient (Wildman–Crippen LogP) is 4.62. The van der Waals surface area contributed by atoms with Gasteiger partial charge in [-0.25, -0.2) is 0 Å². The van der Waals surface area contributed by atoms with E-state index < -0.39 is 0 Å². The number of hydrogen-bond donors (Lipinski definition) is 0. The number of ether oxygens (including phenoxy) is 1. The minimum atomic E-state index is -0.150. The van der Waals surface area contributed by atoms with E-state index in [1.54, 1.807) is 23.8 Å². The Morgan fingerprint density at radius 2 is 2.00 bits per heavy atom. The van der Waals surface area contributed by atoms with Crippen molar-refractivity contribution in [3.05, 3.63) is 59.8 Å². The molecule has 0 fully saturated rings. The lowest BCUT2D eigenvalue weighted by Gasteiger charge is -2.21. The molecule has 0 bridgehead atoms. The average molecular weight is 366 g/mol. The standard InChI is InChI=1S/C20H18N2O3S/c1-3-22(13-8-10-14(24-2)11-9-13)20(23)18-16-12-26-17-7-5-4-6-15(17)19(16)25-21-18/h4-11H,3,12H2,1-2H3. The smallest absolute Gasteiger partial charge is 0.280 e. The third kappa shape index (κ3) is 2.76. The van der Waals surface area contributed by atoms with E-state index >= 15 is 0 Å². The minimum absolute atomic E-state index is 0.150. The van der Waals surface area contributed by atoms with Crippen molar-refractivity contribution < 1.29 is 14.1 Å². The highest BCUT2D eigenvalue weighted by Gasteiger charge is 2.30. The Bertz CT molecular complexity index is 950. The SMILES string of the molecule is CCN(C(=O)c1noc2c1CSc1ccccc1-2)c1ccc(OC)cc1. The zero-order valence-corrected chi connectivity index (χ0v) is 15.4. The zero-order valence-electron chi connectivity index (χ0n) is 14.6. The summed E-state index contributed by atoms with van der Waals surface area (Å²) >= 11 is 1.70. The number of methoxy groups -OCH3 is 1. The zero-order chi connectivity index (χ0) is 18.1. The number of nitrogens with zero attached hydrogens (tertiary/aromatic N) is 2. The Hall–Kier alpha value is -2.73. The molecule has 2 aromatic carbocycles. The Morgan fingerprint density at radius 3 is 2.73 bits per heavy atom. The van der Waals surface area contributed by atoms with Crippen LogP contribution in [0.1, 0.15) is 23.0 Å². The Labute approximate surface area is 155 Å². The summed E-state index contributed by atoms with van der Waals surface area (Å²) in [6.07, 6.45) is 0. The first-order valence-electron chi connectivity index (χ1n) is 8.39. The number of amides is 1. The van der Waals surface area contributed by atoms with E-state index in [0.29, 0.717) is 23.8 Å². The first-order valence-corrected chi connectivity index (χ1v) is 9.38.